The molecule has 0 saturated carbocycles. The van der Waals surface area contributed by atoms with Gasteiger partial charge in [0.25, 0.3) is 5.91 Å². The van der Waals surface area contributed by atoms with E-state index in [1.165, 1.54) is 40.9 Å². The van der Waals surface area contributed by atoms with Crippen LogP contribution in [0.25, 0.3) is 10.6 Å². The van der Waals surface area contributed by atoms with Gasteiger partial charge in [0.15, 0.2) is 0 Å². The summed E-state index contributed by atoms with van der Waals surface area (Å²) in [5.74, 6) is 1.52. The minimum atomic E-state index is -0.0560. The van der Waals surface area contributed by atoms with Gasteiger partial charge < -0.3 is 20.1 Å². The van der Waals surface area contributed by atoms with Gasteiger partial charge in [-0.2, -0.15) is 0 Å². The quantitative estimate of drug-likeness (QED) is 0.241. The van der Waals surface area contributed by atoms with Crippen LogP contribution in [0.2, 0.25) is 5.02 Å². The molecule has 5 rings (SSSR count). The highest BCUT2D eigenvalue weighted by Gasteiger charge is 2.26. The lowest BCUT2D eigenvalue weighted by atomic mass is 9.83. The SMILES string of the molecule is Cc1ccc(-c2nc(C)c(C(=O)NCCCCN3CCC(c4ccc5c(c4OCCO)CCCC5)CC3)s2)c(Cl)c1. The van der Waals surface area contributed by atoms with Gasteiger partial charge in [0.1, 0.15) is 22.2 Å². The van der Waals surface area contributed by atoms with Crippen molar-refractivity contribution in [3.8, 4) is 16.3 Å². The summed E-state index contributed by atoms with van der Waals surface area (Å²) in [5.41, 5.74) is 6.86. The van der Waals surface area contributed by atoms with E-state index in [1.54, 1.807) is 0 Å². The summed E-state index contributed by atoms with van der Waals surface area (Å²) in [6, 6.07) is 10.5. The molecular formula is C33H42ClN3O3S. The molecule has 41 heavy (non-hydrogen) atoms. The van der Waals surface area contributed by atoms with Gasteiger partial charge >= 0.3 is 0 Å². The van der Waals surface area contributed by atoms with Crippen LogP contribution in [0.5, 0.6) is 5.75 Å². The lowest BCUT2D eigenvalue weighted by molar-refractivity contribution is 0.0955. The van der Waals surface area contributed by atoms with Crippen LogP contribution in [0.1, 0.15) is 82.1 Å². The van der Waals surface area contributed by atoms with Gasteiger partial charge in [-0.1, -0.05) is 35.9 Å². The van der Waals surface area contributed by atoms with E-state index in [0.29, 0.717) is 29.0 Å². The van der Waals surface area contributed by atoms with Crippen molar-refractivity contribution in [2.24, 2.45) is 0 Å². The van der Waals surface area contributed by atoms with Gasteiger partial charge in [-0.3, -0.25) is 4.79 Å². The minimum Gasteiger partial charge on any atom is -0.491 e. The summed E-state index contributed by atoms with van der Waals surface area (Å²) in [7, 11) is 0. The standard InChI is InChI=1S/C33H42ClN3O3S/c1-22-9-11-28(29(34)21-22)33-36-23(2)31(41-33)32(39)35-15-5-6-16-37-17-13-25(14-18-37)27-12-10-24-7-3-4-8-26(24)30(27)40-20-19-38/h9-12,21,25,38H,3-8,13-20H2,1-2H3,(H,35,39). The van der Waals surface area contributed by atoms with Crippen molar-refractivity contribution < 1.29 is 14.6 Å². The lowest BCUT2D eigenvalue weighted by Crippen LogP contribution is -2.34. The number of likely N-dealkylation sites (tertiary alicyclic amines) is 1. The number of benzene rings is 2. The van der Waals surface area contributed by atoms with E-state index in [9.17, 15) is 9.90 Å². The number of aryl methyl sites for hydroxylation is 3. The molecule has 2 aromatic carbocycles. The number of fused-ring (bicyclic) bond motifs is 1. The third kappa shape index (κ3) is 7.31. The summed E-state index contributed by atoms with van der Waals surface area (Å²) in [6.07, 6.45) is 8.96. The molecule has 0 spiro atoms. The number of piperidine rings is 1. The van der Waals surface area contributed by atoms with Crippen LogP contribution >= 0.6 is 22.9 Å². The van der Waals surface area contributed by atoms with Crippen molar-refractivity contribution in [3.05, 3.63) is 68.2 Å². The summed E-state index contributed by atoms with van der Waals surface area (Å²) in [5, 5.41) is 13.9. The number of ether oxygens (including phenoxy) is 1. The summed E-state index contributed by atoms with van der Waals surface area (Å²) in [4.78, 5) is 20.7. The molecule has 2 N–H and O–H groups in total. The third-order valence-corrected chi connectivity index (χ3v) is 9.92. The molecule has 220 valence electrons. The van der Waals surface area contributed by atoms with Crippen LogP contribution in [0, 0.1) is 13.8 Å². The van der Waals surface area contributed by atoms with Gasteiger partial charge in [-0.25, -0.2) is 4.98 Å². The van der Waals surface area contributed by atoms with Crippen LogP contribution in [0.4, 0.5) is 0 Å². The summed E-state index contributed by atoms with van der Waals surface area (Å²) in [6.45, 7) is 8.18. The van der Waals surface area contributed by atoms with E-state index < -0.39 is 0 Å². The van der Waals surface area contributed by atoms with E-state index in [-0.39, 0.29) is 12.5 Å². The number of hydrogen-bond donors (Lipinski definition) is 2. The van der Waals surface area contributed by atoms with Crippen LogP contribution in [0.15, 0.2) is 30.3 Å². The number of amides is 1. The summed E-state index contributed by atoms with van der Waals surface area (Å²) < 4.78 is 6.14. The number of carbonyl (C=O) groups is 1. The smallest absolute Gasteiger partial charge is 0.263 e. The largest absolute Gasteiger partial charge is 0.491 e. The van der Waals surface area contributed by atoms with Crippen LogP contribution < -0.4 is 10.1 Å². The van der Waals surface area contributed by atoms with Crippen LogP contribution in [0.3, 0.4) is 0 Å². The lowest BCUT2D eigenvalue weighted by Gasteiger charge is -2.34. The molecular weight excluding hydrogens is 554 g/mol. The highest BCUT2D eigenvalue weighted by Crippen LogP contribution is 2.40. The molecule has 8 heteroatoms. The summed E-state index contributed by atoms with van der Waals surface area (Å²) >= 11 is 7.83. The molecule has 1 aliphatic heterocycles. The first kappa shape index (κ1) is 30.0. The number of halogens is 1. The van der Waals surface area contributed by atoms with Crippen molar-refractivity contribution >= 4 is 28.8 Å². The van der Waals surface area contributed by atoms with Crippen LogP contribution in [-0.2, 0) is 12.8 Å². The highest BCUT2D eigenvalue weighted by atomic mass is 35.5. The monoisotopic (exact) mass is 595 g/mol. The predicted octanol–water partition coefficient (Wildman–Crippen LogP) is 6.72. The second-order valence-corrected chi connectivity index (χ2v) is 12.8. The molecule has 0 unspecified atom stereocenters. The second-order valence-electron chi connectivity index (χ2n) is 11.4. The van der Waals surface area contributed by atoms with E-state index in [4.69, 9.17) is 16.3 Å². The Bertz CT molecular complexity index is 1350. The molecule has 0 atom stereocenters. The fourth-order valence-electron chi connectivity index (χ4n) is 6.18. The zero-order chi connectivity index (χ0) is 28.8. The first-order valence-electron chi connectivity index (χ1n) is 15.1. The van der Waals surface area contributed by atoms with E-state index in [1.807, 2.05) is 32.0 Å². The average molecular weight is 596 g/mol. The Kier molecular flexibility index (Phi) is 10.4. The van der Waals surface area contributed by atoms with E-state index in [0.717, 1.165) is 85.7 Å². The topological polar surface area (TPSA) is 74.7 Å². The molecule has 3 aromatic rings. The van der Waals surface area contributed by atoms with E-state index in [2.05, 4.69) is 27.3 Å². The van der Waals surface area contributed by atoms with Crippen molar-refractivity contribution in [1.82, 2.24) is 15.2 Å². The van der Waals surface area contributed by atoms with Crippen molar-refractivity contribution in [2.75, 3.05) is 39.4 Å². The number of nitrogens with one attached hydrogen (secondary N) is 1. The van der Waals surface area contributed by atoms with Crippen molar-refractivity contribution in [3.63, 3.8) is 0 Å². The van der Waals surface area contributed by atoms with Gasteiger partial charge in [-0.05, 0) is 119 Å². The fourth-order valence-corrected chi connectivity index (χ4v) is 7.58. The number of aliphatic hydroxyl groups is 1. The molecule has 2 aliphatic rings. The zero-order valence-corrected chi connectivity index (χ0v) is 25.9. The molecule has 0 bridgehead atoms. The Morgan fingerprint density at radius 1 is 1.15 bits per heavy atom. The Morgan fingerprint density at radius 3 is 2.73 bits per heavy atom. The number of unbranched alkanes of at least 4 members (excludes halogenated alkanes) is 1. The van der Waals surface area contributed by atoms with Gasteiger partial charge in [-0.15, -0.1) is 11.3 Å². The number of rotatable bonds is 11. The molecule has 0 radical (unpaired) electrons. The van der Waals surface area contributed by atoms with Crippen molar-refractivity contribution in [1.29, 1.82) is 0 Å². The number of thiazole rings is 1. The Balaban J connectivity index is 1.07. The maximum atomic E-state index is 12.9. The maximum absolute atomic E-state index is 12.9. The van der Waals surface area contributed by atoms with E-state index >= 15 is 0 Å². The Labute approximate surface area is 253 Å². The zero-order valence-electron chi connectivity index (χ0n) is 24.3. The third-order valence-electron chi connectivity index (χ3n) is 8.42. The first-order valence-corrected chi connectivity index (χ1v) is 16.3. The number of carbonyl (C=O) groups excluding carboxylic acids is 1. The predicted molar refractivity (Wildman–Crippen MR) is 168 cm³/mol. The maximum Gasteiger partial charge on any atom is 0.263 e. The molecule has 1 amide bonds. The van der Waals surface area contributed by atoms with Gasteiger partial charge in [0, 0.05) is 12.1 Å². The normalized spacial score (nSPS) is 16.0. The molecule has 1 fully saturated rings. The van der Waals surface area contributed by atoms with Gasteiger partial charge in [0.2, 0.25) is 0 Å². The van der Waals surface area contributed by atoms with Crippen molar-refractivity contribution in [2.45, 2.75) is 71.1 Å². The average Bonchev–Trinajstić information content (AvgIpc) is 3.37. The molecule has 1 aromatic heterocycles. The molecule has 6 nitrogen and oxygen atoms in total. The molecule has 1 saturated heterocycles. The highest BCUT2D eigenvalue weighted by molar-refractivity contribution is 7.17. The first-order chi connectivity index (χ1) is 19.9. The fraction of sp³-hybridized carbons (Fsp3) is 0.515. The minimum absolute atomic E-state index is 0.0508. The Morgan fingerprint density at radius 2 is 1.95 bits per heavy atom. The number of hydrogen-bond acceptors (Lipinski definition) is 6. The number of aromatic nitrogens is 1. The van der Waals surface area contributed by atoms with Gasteiger partial charge in [0.05, 0.1) is 17.3 Å². The molecule has 1 aliphatic carbocycles. The second kappa shape index (κ2) is 14.1. The number of nitrogens with zero attached hydrogens (tertiary/aromatic N) is 2. The molecule has 2 heterocycles. The number of aliphatic hydroxyl groups excluding tert-OH is 1. The Hall–Kier alpha value is -2.45. The van der Waals surface area contributed by atoms with Crippen LogP contribution in [-0.4, -0.2) is 60.3 Å².